The van der Waals surface area contributed by atoms with E-state index in [9.17, 15) is 9.59 Å². The van der Waals surface area contributed by atoms with E-state index >= 15 is 0 Å². The van der Waals surface area contributed by atoms with Crippen LogP contribution in [-0.4, -0.2) is 71.5 Å². The number of amides is 2. The minimum atomic E-state index is -0.510. The van der Waals surface area contributed by atoms with Crippen LogP contribution >= 0.6 is 0 Å². The third-order valence-electron chi connectivity index (χ3n) is 12.8. The first-order chi connectivity index (χ1) is 29.0. The molecule has 3 aliphatic heterocycles. The first-order valence-electron chi connectivity index (χ1n) is 20.9. The van der Waals surface area contributed by atoms with E-state index in [2.05, 4.69) is 83.4 Å². The molecule has 5 aromatic carbocycles. The largest absolute Gasteiger partial charge is 0.497 e. The van der Waals surface area contributed by atoms with Crippen molar-refractivity contribution in [1.29, 1.82) is 0 Å². The van der Waals surface area contributed by atoms with Crippen molar-refractivity contribution in [2.45, 2.75) is 62.6 Å². The number of rotatable bonds is 9. The van der Waals surface area contributed by atoms with Gasteiger partial charge in [-0.05, 0) is 96.9 Å². The molecular weight excluding hydrogens is 753 g/mol. The number of ether oxygens (including phenoxy) is 4. The van der Waals surface area contributed by atoms with Crippen molar-refractivity contribution in [3.8, 4) is 23.0 Å². The van der Waals surface area contributed by atoms with Gasteiger partial charge in [0.2, 0.25) is 18.6 Å². The monoisotopic (exact) mass is 808 g/mol. The van der Waals surface area contributed by atoms with Crippen molar-refractivity contribution in [2.75, 3.05) is 53.6 Å². The number of fused-ring (bicyclic) bond motifs is 3. The molecule has 1 saturated heterocycles. The lowest BCUT2D eigenvalue weighted by molar-refractivity contribution is -0.133. The Morgan fingerprint density at radius 3 is 2.18 bits per heavy atom. The second-order valence-electron chi connectivity index (χ2n) is 16.9. The van der Waals surface area contributed by atoms with Crippen LogP contribution in [0, 0.1) is 5.92 Å². The fourth-order valence-electron chi connectivity index (χ4n) is 9.66. The number of benzene rings is 5. The molecule has 0 spiro atoms. The van der Waals surface area contributed by atoms with E-state index in [1.54, 1.807) is 24.0 Å². The highest BCUT2D eigenvalue weighted by Gasteiger charge is 2.47. The number of carbonyl (C=O) groups is 2. The third kappa shape index (κ3) is 7.58. The molecule has 9 rings (SSSR count). The Balaban J connectivity index is 0.000000167. The number of piperidine rings is 1. The Kier molecular flexibility index (Phi) is 11.6. The predicted octanol–water partition coefficient (Wildman–Crippen LogP) is 7.94. The minimum Gasteiger partial charge on any atom is -0.497 e. The summed E-state index contributed by atoms with van der Waals surface area (Å²) in [7, 11) is 8.85. The number of likely N-dealkylation sites (N-methyl/N-ethyl adjacent to an activating group) is 1. The third-order valence-corrected chi connectivity index (χ3v) is 12.8. The summed E-state index contributed by atoms with van der Waals surface area (Å²) in [5.41, 5.74) is 8.47. The smallest absolute Gasteiger partial charge is 0.236 e. The predicted molar refractivity (Wildman–Crippen MR) is 234 cm³/mol. The molecule has 60 heavy (non-hydrogen) atoms. The molecule has 312 valence electrons. The zero-order valence-corrected chi connectivity index (χ0v) is 35.7. The van der Waals surface area contributed by atoms with Crippen LogP contribution in [0.4, 0.5) is 5.69 Å². The standard InChI is InChI=1S/C26H25NO4.C24H31N3O2/c1-27(2)26(28)25-23(16-8-11-18(29-3)12-9-16)19-6-4-5-7-20(19)24(25)17-10-13-21-22(14-17)31-15-30-21;1-24(2)18-13-17(21(29-4)14-20(18)27(3)23(24)28)15-26-19-11-8-12-25-22(19)16-9-6-5-7-10-16/h4-14,23-25H,15H2,1-3H3;5-7,9-10,13-14,19,22,25-26H,8,11-12,15H2,1-4H3/t23-,24+,25+;19-,22-/m00/s1. The summed E-state index contributed by atoms with van der Waals surface area (Å²) in [6, 6.07) is 37.9. The number of nitrogens with one attached hydrogen (secondary N) is 2. The van der Waals surface area contributed by atoms with E-state index < -0.39 is 5.41 Å². The van der Waals surface area contributed by atoms with Crippen LogP contribution < -0.4 is 34.5 Å². The molecule has 10 nitrogen and oxygen atoms in total. The molecule has 10 heteroatoms. The van der Waals surface area contributed by atoms with Crippen LogP contribution in [0.5, 0.6) is 23.0 Å². The minimum absolute atomic E-state index is 0.0487. The van der Waals surface area contributed by atoms with Crippen molar-refractivity contribution in [3.63, 3.8) is 0 Å². The molecule has 0 radical (unpaired) electrons. The fraction of sp³-hybridized carbons (Fsp3) is 0.360. The maximum absolute atomic E-state index is 13.6. The molecule has 2 amide bonds. The van der Waals surface area contributed by atoms with E-state index in [1.165, 1.54) is 16.7 Å². The SMILES string of the molecule is COc1cc2c(cc1CN[C@H]1CCCN[C@H]1c1ccccc1)C(C)(C)C(=O)N2C.COc1ccc([C@H]2c3ccccc3[C@@H](c3ccc4c(c3)OCO4)[C@@H]2C(=O)N(C)C)cc1. The van der Waals surface area contributed by atoms with Crippen LogP contribution in [0.3, 0.4) is 0 Å². The molecule has 5 atom stereocenters. The van der Waals surface area contributed by atoms with Gasteiger partial charge in [0.15, 0.2) is 11.5 Å². The molecule has 0 unspecified atom stereocenters. The molecular formula is C50H56N4O6. The lowest BCUT2D eigenvalue weighted by Gasteiger charge is -2.34. The first-order valence-corrected chi connectivity index (χ1v) is 20.9. The highest BCUT2D eigenvalue weighted by atomic mass is 16.7. The summed E-state index contributed by atoms with van der Waals surface area (Å²) in [5.74, 6) is 2.96. The van der Waals surface area contributed by atoms with Gasteiger partial charge in [-0.2, -0.15) is 0 Å². The number of hydrogen-bond donors (Lipinski definition) is 2. The van der Waals surface area contributed by atoms with Crippen molar-refractivity contribution in [1.82, 2.24) is 15.5 Å². The highest BCUT2D eigenvalue weighted by Crippen LogP contribution is 2.54. The van der Waals surface area contributed by atoms with Gasteiger partial charge in [-0.15, -0.1) is 0 Å². The Hall–Kier alpha value is -5.84. The molecule has 5 aromatic rings. The van der Waals surface area contributed by atoms with E-state index in [1.807, 2.05) is 71.4 Å². The zero-order valence-electron chi connectivity index (χ0n) is 35.7. The van der Waals surface area contributed by atoms with Crippen LogP contribution in [0.1, 0.15) is 83.5 Å². The van der Waals surface area contributed by atoms with Crippen molar-refractivity contribution < 1.29 is 28.5 Å². The average molecular weight is 809 g/mol. The molecule has 1 aliphatic carbocycles. The van der Waals surface area contributed by atoms with E-state index in [4.69, 9.17) is 18.9 Å². The van der Waals surface area contributed by atoms with Gasteiger partial charge in [0.05, 0.1) is 31.2 Å². The van der Waals surface area contributed by atoms with Crippen LogP contribution in [0.25, 0.3) is 0 Å². The quantitative estimate of drug-likeness (QED) is 0.155. The average Bonchev–Trinajstić information content (AvgIpc) is 3.94. The fourth-order valence-corrected chi connectivity index (χ4v) is 9.66. The topological polar surface area (TPSA) is 102 Å². The maximum Gasteiger partial charge on any atom is 0.236 e. The highest BCUT2D eigenvalue weighted by molar-refractivity contribution is 6.07. The Morgan fingerprint density at radius 2 is 1.50 bits per heavy atom. The molecule has 1 fully saturated rings. The summed E-state index contributed by atoms with van der Waals surface area (Å²) < 4.78 is 22.2. The van der Waals surface area contributed by atoms with Crippen molar-refractivity contribution in [2.24, 2.45) is 5.92 Å². The molecule has 3 heterocycles. The molecule has 4 aliphatic rings. The summed E-state index contributed by atoms with van der Waals surface area (Å²) in [5, 5.41) is 7.43. The Labute approximate surface area is 353 Å². The number of carbonyl (C=O) groups excluding carboxylic acids is 2. The normalized spacial score (nSPS) is 22.0. The first kappa shape index (κ1) is 40.9. The van der Waals surface area contributed by atoms with Gasteiger partial charge in [0, 0.05) is 63.2 Å². The summed E-state index contributed by atoms with van der Waals surface area (Å²) in [6.07, 6.45) is 2.29. The molecule has 0 bridgehead atoms. The van der Waals surface area contributed by atoms with Gasteiger partial charge in [-0.3, -0.25) is 9.59 Å². The van der Waals surface area contributed by atoms with Crippen molar-refractivity contribution in [3.05, 3.63) is 148 Å². The van der Waals surface area contributed by atoms with Crippen LogP contribution in [-0.2, 0) is 21.5 Å². The molecule has 2 N–H and O–H groups in total. The Morgan fingerprint density at radius 1 is 0.833 bits per heavy atom. The summed E-state index contributed by atoms with van der Waals surface area (Å²) in [6.45, 7) is 5.98. The second-order valence-corrected chi connectivity index (χ2v) is 16.9. The van der Waals surface area contributed by atoms with E-state index in [-0.39, 0.29) is 36.4 Å². The summed E-state index contributed by atoms with van der Waals surface area (Å²) >= 11 is 0. The number of hydrogen-bond acceptors (Lipinski definition) is 8. The van der Waals surface area contributed by atoms with Gasteiger partial charge in [-0.25, -0.2) is 0 Å². The second kappa shape index (κ2) is 17.0. The van der Waals surface area contributed by atoms with Gasteiger partial charge in [-0.1, -0.05) is 72.8 Å². The van der Waals surface area contributed by atoms with Crippen LogP contribution in [0.15, 0.2) is 109 Å². The Bertz CT molecular complexity index is 2350. The zero-order chi connectivity index (χ0) is 42.1. The number of nitrogens with zero attached hydrogens (tertiary/aromatic N) is 2. The van der Waals surface area contributed by atoms with Crippen molar-refractivity contribution >= 4 is 17.5 Å². The molecule has 0 aromatic heterocycles. The maximum atomic E-state index is 13.6. The number of anilines is 1. The lowest BCUT2D eigenvalue weighted by atomic mass is 9.78. The van der Waals surface area contributed by atoms with E-state index in [0.717, 1.165) is 70.3 Å². The number of methoxy groups -OCH3 is 2. The van der Waals surface area contributed by atoms with Gasteiger partial charge in [0.1, 0.15) is 11.5 Å². The van der Waals surface area contributed by atoms with Gasteiger partial charge < -0.3 is 39.4 Å². The van der Waals surface area contributed by atoms with Crippen LogP contribution in [0.2, 0.25) is 0 Å². The summed E-state index contributed by atoms with van der Waals surface area (Å²) in [4.78, 5) is 29.7. The van der Waals surface area contributed by atoms with Gasteiger partial charge >= 0.3 is 0 Å². The lowest BCUT2D eigenvalue weighted by Crippen LogP contribution is -2.45. The molecule has 0 saturated carbocycles. The van der Waals surface area contributed by atoms with E-state index in [0.29, 0.717) is 18.6 Å². The van der Waals surface area contributed by atoms with Gasteiger partial charge in [0.25, 0.3) is 0 Å².